The number of hydrogen-bond donors (Lipinski definition) is 1. The van der Waals surface area contributed by atoms with Gasteiger partial charge in [-0.3, -0.25) is 0 Å². The van der Waals surface area contributed by atoms with Crippen molar-refractivity contribution in [3.05, 3.63) is 28.2 Å². The van der Waals surface area contributed by atoms with E-state index in [4.69, 9.17) is 10.5 Å². The summed E-state index contributed by atoms with van der Waals surface area (Å²) in [6.45, 7) is 0. The lowest BCUT2D eigenvalue weighted by molar-refractivity contribution is 0.404. The molecule has 0 radical (unpaired) electrons. The predicted molar refractivity (Wildman–Crippen MR) is 63.0 cm³/mol. The minimum atomic E-state index is -0.119. The fraction of sp³-hybridized carbons (Fsp3) is 0.400. The number of halogens is 2. The first-order chi connectivity index (χ1) is 6.15. The number of methoxy groups -OCH3 is 1. The normalized spacial score (nSPS) is 17.1. The number of hydrogen-bond acceptors (Lipinski definition) is 2. The molecule has 78 valence electrons. The van der Waals surface area contributed by atoms with E-state index < -0.39 is 0 Å². The van der Waals surface area contributed by atoms with Crippen molar-refractivity contribution in [2.24, 2.45) is 5.73 Å². The van der Waals surface area contributed by atoms with Gasteiger partial charge in [0.25, 0.3) is 0 Å². The summed E-state index contributed by atoms with van der Waals surface area (Å²) in [5.74, 6) is 0.884. The number of rotatable bonds is 2. The number of ether oxygens (including phenoxy) is 1. The summed E-state index contributed by atoms with van der Waals surface area (Å²) in [5.41, 5.74) is 7.10. The third kappa shape index (κ3) is 2.05. The fourth-order valence-corrected chi connectivity index (χ4v) is 1.82. The van der Waals surface area contributed by atoms with Crippen molar-refractivity contribution in [1.82, 2.24) is 0 Å². The van der Waals surface area contributed by atoms with Gasteiger partial charge in [-0.05, 0) is 25.0 Å². The monoisotopic (exact) mass is 277 g/mol. The van der Waals surface area contributed by atoms with E-state index >= 15 is 0 Å². The highest BCUT2D eigenvalue weighted by Gasteiger charge is 2.42. The largest absolute Gasteiger partial charge is 0.496 e. The Morgan fingerprint density at radius 2 is 2.07 bits per heavy atom. The van der Waals surface area contributed by atoms with E-state index in [1.165, 1.54) is 0 Å². The van der Waals surface area contributed by atoms with E-state index in [0.29, 0.717) is 0 Å². The van der Waals surface area contributed by atoms with Crippen LogP contribution >= 0.6 is 28.3 Å². The zero-order valence-electron chi connectivity index (χ0n) is 7.92. The van der Waals surface area contributed by atoms with Crippen molar-refractivity contribution in [2.45, 2.75) is 18.4 Å². The maximum atomic E-state index is 6.10. The van der Waals surface area contributed by atoms with E-state index in [1.54, 1.807) is 7.11 Å². The Labute approximate surface area is 98.4 Å². The highest BCUT2D eigenvalue weighted by molar-refractivity contribution is 9.10. The number of benzene rings is 1. The van der Waals surface area contributed by atoms with Crippen LogP contribution in [0.4, 0.5) is 0 Å². The molecule has 1 saturated carbocycles. The quantitative estimate of drug-likeness (QED) is 0.903. The molecule has 14 heavy (non-hydrogen) atoms. The first-order valence-electron chi connectivity index (χ1n) is 4.29. The van der Waals surface area contributed by atoms with Crippen molar-refractivity contribution in [2.75, 3.05) is 7.11 Å². The molecule has 0 unspecified atom stereocenters. The molecule has 0 aromatic heterocycles. The molecule has 1 aliphatic rings. The van der Waals surface area contributed by atoms with E-state index in [-0.39, 0.29) is 17.9 Å². The lowest BCUT2D eigenvalue weighted by Gasteiger charge is -2.14. The maximum absolute atomic E-state index is 6.10. The molecule has 1 aliphatic carbocycles. The fourth-order valence-electron chi connectivity index (χ4n) is 1.48. The van der Waals surface area contributed by atoms with Gasteiger partial charge in [0.15, 0.2) is 0 Å². The molecule has 0 aliphatic heterocycles. The third-order valence-electron chi connectivity index (χ3n) is 2.49. The average molecular weight is 279 g/mol. The van der Waals surface area contributed by atoms with Crippen LogP contribution in [0.1, 0.15) is 18.4 Å². The van der Waals surface area contributed by atoms with Crippen molar-refractivity contribution >= 4 is 28.3 Å². The van der Waals surface area contributed by atoms with Gasteiger partial charge in [0.2, 0.25) is 0 Å². The second kappa shape index (κ2) is 4.09. The van der Waals surface area contributed by atoms with Crippen LogP contribution in [-0.2, 0) is 5.54 Å². The minimum absolute atomic E-state index is 0. The molecule has 0 atom stereocenters. The number of nitrogens with two attached hydrogens (primary N) is 1. The SMILES string of the molecule is COc1cc(Br)ccc1C1(N)CC1.Cl. The summed E-state index contributed by atoms with van der Waals surface area (Å²) in [5, 5.41) is 0. The van der Waals surface area contributed by atoms with Gasteiger partial charge in [-0.1, -0.05) is 22.0 Å². The van der Waals surface area contributed by atoms with Gasteiger partial charge in [-0.2, -0.15) is 0 Å². The van der Waals surface area contributed by atoms with Gasteiger partial charge in [0.1, 0.15) is 5.75 Å². The van der Waals surface area contributed by atoms with Crippen molar-refractivity contribution in [1.29, 1.82) is 0 Å². The lowest BCUT2D eigenvalue weighted by Crippen LogP contribution is -2.19. The molecule has 0 bridgehead atoms. The summed E-state index contributed by atoms with van der Waals surface area (Å²) in [4.78, 5) is 0. The van der Waals surface area contributed by atoms with Crippen LogP contribution in [0.5, 0.6) is 5.75 Å². The van der Waals surface area contributed by atoms with Gasteiger partial charge in [-0.25, -0.2) is 0 Å². The average Bonchev–Trinajstić information content (AvgIpc) is 2.84. The minimum Gasteiger partial charge on any atom is -0.496 e. The molecule has 2 rings (SSSR count). The Morgan fingerprint density at radius 3 is 2.57 bits per heavy atom. The predicted octanol–water partition coefficient (Wildman–Crippen LogP) is 2.83. The Hall–Kier alpha value is -0.250. The molecule has 0 heterocycles. The molecule has 2 N–H and O–H groups in total. The van der Waals surface area contributed by atoms with Crippen LogP contribution in [0.25, 0.3) is 0 Å². The van der Waals surface area contributed by atoms with Crippen molar-refractivity contribution in [3.8, 4) is 5.75 Å². The highest BCUT2D eigenvalue weighted by Crippen LogP contribution is 2.46. The van der Waals surface area contributed by atoms with Gasteiger partial charge in [0.05, 0.1) is 7.11 Å². The Balaban J connectivity index is 0.000000980. The molecule has 0 spiro atoms. The zero-order valence-corrected chi connectivity index (χ0v) is 10.3. The zero-order chi connectivity index (χ0) is 9.47. The summed E-state index contributed by atoms with van der Waals surface area (Å²) in [7, 11) is 1.68. The van der Waals surface area contributed by atoms with E-state index in [9.17, 15) is 0 Å². The van der Waals surface area contributed by atoms with Crippen molar-refractivity contribution in [3.63, 3.8) is 0 Å². The summed E-state index contributed by atoms with van der Waals surface area (Å²) in [6.07, 6.45) is 2.12. The summed E-state index contributed by atoms with van der Waals surface area (Å²) < 4.78 is 6.31. The van der Waals surface area contributed by atoms with Gasteiger partial charge in [0, 0.05) is 15.6 Å². The topological polar surface area (TPSA) is 35.2 Å². The van der Waals surface area contributed by atoms with Crippen LogP contribution in [-0.4, -0.2) is 7.11 Å². The first kappa shape index (κ1) is 11.8. The molecule has 1 fully saturated rings. The Kier molecular flexibility index (Phi) is 3.45. The van der Waals surface area contributed by atoms with Crippen molar-refractivity contribution < 1.29 is 4.74 Å². The van der Waals surface area contributed by atoms with Gasteiger partial charge in [-0.15, -0.1) is 12.4 Å². The molecular weight excluding hydrogens is 265 g/mol. The van der Waals surface area contributed by atoms with E-state index in [0.717, 1.165) is 28.6 Å². The molecule has 0 amide bonds. The first-order valence-corrected chi connectivity index (χ1v) is 5.08. The molecule has 2 nitrogen and oxygen atoms in total. The van der Waals surface area contributed by atoms with Crippen LogP contribution < -0.4 is 10.5 Å². The Morgan fingerprint density at radius 1 is 1.43 bits per heavy atom. The van der Waals surface area contributed by atoms with Gasteiger partial charge < -0.3 is 10.5 Å². The highest BCUT2D eigenvalue weighted by atomic mass is 79.9. The summed E-state index contributed by atoms with van der Waals surface area (Å²) in [6, 6.07) is 6.00. The Bertz CT molecular complexity index is 339. The second-order valence-corrected chi connectivity index (χ2v) is 4.42. The lowest BCUT2D eigenvalue weighted by atomic mass is 10.1. The molecular formula is C10H13BrClNO. The molecule has 1 aromatic carbocycles. The smallest absolute Gasteiger partial charge is 0.125 e. The van der Waals surface area contributed by atoms with E-state index in [1.807, 2.05) is 18.2 Å². The van der Waals surface area contributed by atoms with Crippen LogP contribution in [0.3, 0.4) is 0 Å². The second-order valence-electron chi connectivity index (χ2n) is 3.50. The van der Waals surface area contributed by atoms with Crippen LogP contribution in [0.2, 0.25) is 0 Å². The standard InChI is InChI=1S/C10H12BrNO.ClH/c1-13-9-6-7(11)2-3-8(9)10(12)4-5-10;/h2-3,6H,4-5,12H2,1H3;1H. The van der Waals surface area contributed by atoms with Gasteiger partial charge >= 0.3 is 0 Å². The summed E-state index contributed by atoms with van der Waals surface area (Å²) >= 11 is 3.40. The van der Waals surface area contributed by atoms with E-state index in [2.05, 4.69) is 15.9 Å². The van der Waals surface area contributed by atoms with Crippen LogP contribution in [0, 0.1) is 0 Å². The molecule has 1 aromatic rings. The maximum Gasteiger partial charge on any atom is 0.125 e. The van der Waals surface area contributed by atoms with Crippen LogP contribution in [0.15, 0.2) is 22.7 Å². The third-order valence-corrected chi connectivity index (χ3v) is 2.98. The molecule has 0 saturated heterocycles. The molecule has 4 heteroatoms.